The molecular formula is C19H29NO3. The maximum absolute atomic E-state index is 12.7. The van der Waals surface area contributed by atoms with Gasteiger partial charge in [0.15, 0.2) is 11.5 Å². The van der Waals surface area contributed by atoms with Crippen LogP contribution in [0.1, 0.15) is 56.3 Å². The van der Waals surface area contributed by atoms with Crippen LogP contribution in [0.3, 0.4) is 0 Å². The minimum absolute atomic E-state index is 0.0962. The van der Waals surface area contributed by atoms with Gasteiger partial charge in [0.2, 0.25) is 0 Å². The molecule has 1 aliphatic rings. The van der Waals surface area contributed by atoms with Gasteiger partial charge in [-0.1, -0.05) is 26.7 Å². The van der Waals surface area contributed by atoms with Crippen molar-refractivity contribution < 1.29 is 14.3 Å². The van der Waals surface area contributed by atoms with E-state index in [0.29, 0.717) is 29.6 Å². The number of hydrogen-bond acceptors (Lipinski definition) is 3. The van der Waals surface area contributed by atoms with Gasteiger partial charge in [0, 0.05) is 18.7 Å². The number of carbonyl (C=O) groups is 1. The van der Waals surface area contributed by atoms with Gasteiger partial charge in [0.05, 0.1) is 13.7 Å². The van der Waals surface area contributed by atoms with E-state index in [-0.39, 0.29) is 5.91 Å². The number of nitrogens with zero attached hydrogens (tertiary/aromatic N) is 1. The second-order valence-corrected chi connectivity index (χ2v) is 6.60. The molecule has 0 bridgehead atoms. The van der Waals surface area contributed by atoms with E-state index in [4.69, 9.17) is 9.47 Å². The molecule has 0 radical (unpaired) electrons. The zero-order chi connectivity index (χ0) is 16.7. The van der Waals surface area contributed by atoms with Crippen molar-refractivity contribution >= 4 is 5.91 Å². The Hall–Kier alpha value is -1.71. The number of rotatable bonds is 6. The molecule has 1 saturated heterocycles. The molecule has 2 rings (SSSR count). The van der Waals surface area contributed by atoms with E-state index < -0.39 is 0 Å². The van der Waals surface area contributed by atoms with Crippen LogP contribution in [0.5, 0.6) is 11.5 Å². The fourth-order valence-electron chi connectivity index (χ4n) is 2.78. The number of benzene rings is 1. The fraction of sp³-hybridized carbons (Fsp3) is 0.632. The highest BCUT2D eigenvalue weighted by atomic mass is 16.5. The highest BCUT2D eigenvalue weighted by molar-refractivity contribution is 5.95. The zero-order valence-corrected chi connectivity index (χ0v) is 14.6. The number of likely N-dealkylation sites (tertiary alicyclic amines) is 1. The Kier molecular flexibility index (Phi) is 6.75. The lowest BCUT2D eigenvalue weighted by Crippen LogP contribution is -2.31. The van der Waals surface area contributed by atoms with Crippen LogP contribution in [-0.4, -0.2) is 37.6 Å². The Morgan fingerprint density at radius 1 is 1.13 bits per heavy atom. The summed E-state index contributed by atoms with van der Waals surface area (Å²) in [6.07, 6.45) is 5.63. The second-order valence-electron chi connectivity index (χ2n) is 6.60. The summed E-state index contributed by atoms with van der Waals surface area (Å²) in [5.41, 5.74) is 0.681. The van der Waals surface area contributed by atoms with Crippen LogP contribution in [0.4, 0.5) is 0 Å². The van der Waals surface area contributed by atoms with Crippen molar-refractivity contribution in [1.29, 1.82) is 0 Å². The van der Waals surface area contributed by atoms with E-state index in [1.807, 2.05) is 17.0 Å². The molecule has 0 unspecified atom stereocenters. The van der Waals surface area contributed by atoms with Gasteiger partial charge in [-0.15, -0.1) is 0 Å². The third-order valence-corrected chi connectivity index (χ3v) is 4.26. The summed E-state index contributed by atoms with van der Waals surface area (Å²) in [5.74, 6) is 2.04. The lowest BCUT2D eigenvalue weighted by Gasteiger charge is -2.21. The van der Waals surface area contributed by atoms with Crippen LogP contribution in [-0.2, 0) is 0 Å². The Morgan fingerprint density at radius 3 is 2.43 bits per heavy atom. The van der Waals surface area contributed by atoms with Crippen LogP contribution in [0.2, 0.25) is 0 Å². The van der Waals surface area contributed by atoms with Crippen LogP contribution in [0.25, 0.3) is 0 Å². The fourth-order valence-corrected chi connectivity index (χ4v) is 2.78. The van der Waals surface area contributed by atoms with Gasteiger partial charge in [-0.3, -0.25) is 4.79 Å². The molecule has 128 valence electrons. The summed E-state index contributed by atoms with van der Waals surface area (Å²) in [4.78, 5) is 14.6. The third-order valence-electron chi connectivity index (χ3n) is 4.26. The monoisotopic (exact) mass is 319 g/mol. The molecule has 0 N–H and O–H groups in total. The molecule has 0 aliphatic carbocycles. The van der Waals surface area contributed by atoms with Crippen LogP contribution < -0.4 is 9.47 Å². The van der Waals surface area contributed by atoms with Crippen molar-refractivity contribution in [1.82, 2.24) is 4.90 Å². The SMILES string of the molecule is COc1cc(C(=O)N2CCCCCC2)ccc1OCCC(C)C. The minimum Gasteiger partial charge on any atom is -0.493 e. The summed E-state index contributed by atoms with van der Waals surface area (Å²) in [6, 6.07) is 5.50. The van der Waals surface area contributed by atoms with Gasteiger partial charge in [0.1, 0.15) is 0 Å². The van der Waals surface area contributed by atoms with E-state index in [1.165, 1.54) is 12.8 Å². The van der Waals surface area contributed by atoms with Crippen molar-refractivity contribution in [3.63, 3.8) is 0 Å². The standard InChI is InChI=1S/C19H29NO3/c1-15(2)10-13-23-17-9-8-16(14-18(17)22-3)19(21)20-11-6-4-5-7-12-20/h8-9,14-15H,4-7,10-13H2,1-3H3. The summed E-state index contributed by atoms with van der Waals surface area (Å²) >= 11 is 0. The van der Waals surface area contributed by atoms with E-state index in [2.05, 4.69) is 13.8 Å². The molecule has 0 aromatic heterocycles. The van der Waals surface area contributed by atoms with Crippen molar-refractivity contribution in [3.8, 4) is 11.5 Å². The van der Waals surface area contributed by atoms with Gasteiger partial charge in [-0.25, -0.2) is 0 Å². The first-order valence-corrected chi connectivity index (χ1v) is 8.72. The lowest BCUT2D eigenvalue weighted by molar-refractivity contribution is 0.0761. The molecule has 4 heteroatoms. The number of methoxy groups -OCH3 is 1. The van der Waals surface area contributed by atoms with Crippen molar-refractivity contribution in [2.24, 2.45) is 5.92 Å². The number of ether oxygens (including phenoxy) is 2. The Balaban J connectivity index is 2.06. The predicted molar refractivity (Wildman–Crippen MR) is 92.3 cm³/mol. The average molecular weight is 319 g/mol. The van der Waals surface area contributed by atoms with Gasteiger partial charge < -0.3 is 14.4 Å². The quantitative estimate of drug-likeness (QED) is 0.791. The van der Waals surface area contributed by atoms with Gasteiger partial charge >= 0.3 is 0 Å². The summed E-state index contributed by atoms with van der Waals surface area (Å²) < 4.78 is 11.2. The molecule has 23 heavy (non-hydrogen) atoms. The third kappa shape index (κ3) is 5.15. The summed E-state index contributed by atoms with van der Waals surface area (Å²) in [5, 5.41) is 0. The first kappa shape index (κ1) is 17.6. The normalized spacial score (nSPS) is 15.4. The first-order chi connectivity index (χ1) is 11.1. The first-order valence-electron chi connectivity index (χ1n) is 8.72. The van der Waals surface area contributed by atoms with E-state index in [1.54, 1.807) is 13.2 Å². The maximum atomic E-state index is 12.7. The van der Waals surface area contributed by atoms with Crippen LogP contribution in [0.15, 0.2) is 18.2 Å². The molecule has 0 spiro atoms. The van der Waals surface area contributed by atoms with Gasteiger partial charge in [-0.2, -0.15) is 0 Å². The maximum Gasteiger partial charge on any atom is 0.253 e. The molecule has 0 saturated carbocycles. The molecule has 1 aromatic carbocycles. The highest BCUT2D eigenvalue weighted by Crippen LogP contribution is 2.29. The largest absolute Gasteiger partial charge is 0.493 e. The second kappa shape index (κ2) is 8.80. The van der Waals surface area contributed by atoms with Crippen molar-refractivity contribution in [3.05, 3.63) is 23.8 Å². The summed E-state index contributed by atoms with van der Waals surface area (Å²) in [6.45, 7) is 6.71. The van der Waals surface area contributed by atoms with Crippen molar-refractivity contribution in [2.45, 2.75) is 46.0 Å². The predicted octanol–water partition coefficient (Wildman–Crippen LogP) is 4.14. The van der Waals surface area contributed by atoms with E-state index in [9.17, 15) is 4.79 Å². The Bertz CT molecular complexity index is 505. The highest BCUT2D eigenvalue weighted by Gasteiger charge is 2.19. The molecule has 1 aromatic rings. The topological polar surface area (TPSA) is 38.8 Å². The van der Waals surface area contributed by atoms with E-state index in [0.717, 1.165) is 32.4 Å². The molecular weight excluding hydrogens is 290 g/mol. The number of hydrogen-bond donors (Lipinski definition) is 0. The van der Waals surface area contributed by atoms with Crippen LogP contribution >= 0.6 is 0 Å². The Morgan fingerprint density at radius 2 is 1.83 bits per heavy atom. The van der Waals surface area contributed by atoms with E-state index >= 15 is 0 Å². The Labute approximate surface area is 139 Å². The number of amides is 1. The minimum atomic E-state index is 0.0962. The van der Waals surface area contributed by atoms with Crippen molar-refractivity contribution in [2.75, 3.05) is 26.8 Å². The zero-order valence-electron chi connectivity index (χ0n) is 14.6. The lowest BCUT2D eigenvalue weighted by atomic mass is 10.1. The summed E-state index contributed by atoms with van der Waals surface area (Å²) in [7, 11) is 1.62. The molecule has 1 aliphatic heterocycles. The molecule has 1 heterocycles. The smallest absolute Gasteiger partial charge is 0.253 e. The molecule has 0 atom stereocenters. The molecule has 1 amide bonds. The molecule has 1 fully saturated rings. The van der Waals surface area contributed by atoms with Crippen LogP contribution in [0, 0.1) is 5.92 Å². The molecule has 4 nitrogen and oxygen atoms in total. The number of carbonyl (C=O) groups excluding carboxylic acids is 1. The average Bonchev–Trinajstić information content (AvgIpc) is 2.83. The van der Waals surface area contributed by atoms with Gasteiger partial charge in [-0.05, 0) is 43.4 Å². The van der Waals surface area contributed by atoms with Gasteiger partial charge in [0.25, 0.3) is 5.91 Å².